The molecule has 0 aliphatic heterocycles. The lowest BCUT2D eigenvalue weighted by atomic mass is 10.1. The number of para-hydroxylation sites is 1. The molecule has 0 aliphatic carbocycles. The smallest absolute Gasteiger partial charge is 0.276 e. The number of benzene rings is 2. The first-order chi connectivity index (χ1) is 13.7. The summed E-state index contributed by atoms with van der Waals surface area (Å²) in [7, 11) is 0. The second kappa shape index (κ2) is 8.00. The highest BCUT2D eigenvalue weighted by atomic mass is 16.5. The van der Waals surface area contributed by atoms with Gasteiger partial charge in [0.15, 0.2) is 0 Å². The normalized spacial score (nSPS) is 10.9. The maximum Gasteiger partial charge on any atom is 0.276 e. The Balaban J connectivity index is 1.53. The lowest BCUT2D eigenvalue weighted by molar-refractivity contribution is 0.296. The zero-order valence-corrected chi connectivity index (χ0v) is 15.6. The second-order valence-corrected chi connectivity index (χ2v) is 6.27. The van der Waals surface area contributed by atoms with Gasteiger partial charge in [-0.15, -0.1) is 0 Å². The van der Waals surface area contributed by atoms with Crippen LogP contribution in [0.15, 0.2) is 77.9 Å². The van der Waals surface area contributed by atoms with Crippen LogP contribution in [0.4, 0.5) is 0 Å². The molecule has 0 unspecified atom stereocenters. The van der Waals surface area contributed by atoms with Crippen LogP contribution in [-0.2, 0) is 6.54 Å². The predicted octanol–water partition coefficient (Wildman–Crippen LogP) is 3.64. The van der Waals surface area contributed by atoms with Crippen molar-refractivity contribution in [3.8, 4) is 22.8 Å². The van der Waals surface area contributed by atoms with Gasteiger partial charge in [-0.2, -0.15) is 5.10 Å². The Morgan fingerprint density at radius 3 is 2.43 bits per heavy atom. The summed E-state index contributed by atoms with van der Waals surface area (Å²) in [5.74, 6) is 1.61. The molecule has 2 aromatic heterocycles. The largest absolute Gasteiger partial charge is 0.494 e. The average molecular weight is 375 g/mol. The minimum Gasteiger partial charge on any atom is -0.494 e. The molecule has 0 N–H and O–H groups in total. The lowest BCUT2D eigenvalue weighted by Crippen LogP contribution is -2.24. The van der Waals surface area contributed by atoms with Crippen molar-refractivity contribution in [1.29, 1.82) is 0 Å². The van der Waals surface area contributed by atoms with Gasteiger partial charge in [-0.1, -0.05) is 18.2 Å². The van der Waals surface area contributed by atoms with Crippen LogP contribution in [0.25, 0.3) is 16.8 Å². The average Bonchev–Trinajstić information content (AvgIpc) is 3.17. The van der Waals surface area contributed by atoms with Crippen LogP contribution in [0.5, 0.6) is 11.5 Å². The number of hydrogen-bond donors (Lipinski definition) is 0. The van der Waals surface area contributed by atoms with Crippen molar-refractivity contribution in [3.05, 3.63) is 83.4 Å². The Morgan fingerprint density at radius 2 is 1.68 bits per heavy atom. The van der Waals surface area contributed by atoms with Gasteiger partial charge in [0, 0.05) is 18.0 Å². The van der Waals surface area contributed by atoms with Gasteiger partial charge in [-0.3, -0.25) is 4.79 Å². The Bertz CT molecular complexity index is 1120. The van der Waals surface area contributed by atoms with Gasteiger partial charge in [0.2, 0.25) is 0 Å². The summed E-state index contributed by atoms with van der Waals surface area (Å²) in [5, 5.41) is 4.52. The number of fused-ring (bicyclic) bond motifs is 1. The second-order valence-electron chi connectivity index (χ2n) is 6.27. The third-order valence-electron chi connectivity index (χ3n) is 4.41. The summed E-state index contributed by atoms with van der Waals surface area (Å²) in [6.45, 7) is 3.46. The molecule has 2 heterocycles. The van der Waals surface area contributed by atoms with E-state index in [-0.39, 0.29) is 5.56 Å². The van der Waals surface area contributed by atoms with Crippen LogP contribution in [0.2, 0.25) is 0 Å². The standard InChI is InChI=1S/C22H21N3O3/c1-2-27-19-10-8-17(9-11-19)20-16-21-22(26)24(12-13-25(21)23-20)14-15-28-18-6-4-3-5-7-18/h3-13,16H,2,14-15H2,1H3. The molecule has 0 amide bonds. The van der Waals surface area contributed by atoms with Crippen molar-refractivity contribution in [3.63, 3.8) is 0 Å². The van der Waals surface area contributed by atoms with E-state index < -0.39 is 0 Å². The molecule has 2 aromatic carbocycles. The molecule has 6 nitrogen and oxygen atoms in total. The maximum atomic E-state index is 12.8. The van der Waals surface area contributed by atoms with Gasteiger partial charge < -0.3 is 14.0 Å². The summed E-state index contributed by atoms with van der Waals surface area (Å²) in [4.78, 5) is 12.8. The molecule has 4 rings (SSSR count). The van der Waals surface area contributed by atoms with Gasteiger partial charge in [0.1, 0.15) is 23.6 Å². The molecule has 0 radical (unpaired) electrons. The molecule has 0 saturated carbocycles. The topological polar surface area (TPSA) is 57.8 Å². The summed E-state index contributed by atoms with van der Waals surface area (Å²) >= 11 is 0. The number of nitrogens with zero attached hydrogens (tertiary/aromatic N) is 3. The zero-order valence-electron chi connectivity index (χ0n) is 15.6. The summed E-state index contributed by atoms with van der Waals surface area (Å²) < 4.78 is 14.4. The molecular formula is C22H21N3O3. The highest BCUT2D eigenvalue weighted by Gasteiger charge is 2.09. The highest BCUT2D eigenvalue weighted by Crippen LogP contribution is 2.21. The van der Waals surface area contributed by atoms with Gasteiger partial charge in [0.25, 0.3) is 5.56 Å². The molecule has 0 bridgehead atoms. The van der Waals surface area contributed by atoms with E-state index >= 15 is 0 Å². The van der Waals surface area contributed by atoms with Gasteiger partial charge in [-0.05, 0) is 49.4 Å². The van der Waals surface area contributed by atoms with Crippen LogP contribution in [0, 0.1) is 0 Å². The summed E-state index contributed by atoms with van der Waals surface area (Å²) in [6, 6.07) is 19.1. The van der Waals surface area contributed by atoms with Crippen molar-refractivity contribution in [2.24, 2.45) is 0 Å². The molecule has 0 fully saturated rings. The molecule has 0 saturated heterocycles. The molecule has 142 valence electrons. The van der Waals surface area contributed by atoms with E-state index in [1.807, 2.05) is 67.6 Å². The monoisotopic (exact) mass is 375 g/mol. The third-order valence-corrected chi connectivity index (χ3v) is 4.41. The molecule has 28 heavy (non-hydrogen) atoms. The number of aromatic nitrogens is 3. The summed E-state index contributed by atoms with van der Waals surface area (Å²) in [5.41, 5.74) is 2.12. The van der Waals surface area contributed by atoms with E-state index in [2.05, 4.69) is 5.10 Å². The Labute approximate surface area is 162 Å². The molecule has 6 heteroatoms. The lowest BCUT2D eigenvalue weighted by Gasteiger charge is -2.08. The Kier molecular flexibility index (Phi) is 5.10. The fourth-order valence-electron chi connectivity index (χ4n) is 3.01. The molecule has 4 aromatic rings. The highest BCUT2D eigenvalue weighted by molar-refractivity contribution is 5.66. The van der Waals surface area contributed by atoms with E-state index in [9.17, 15) is 4.79 Å². The first kappa shape index (κ1) is 17.9. The van der Waals surface area contributed by atoms with Crippen LogP contribution < -0.4 is 15.0 Å². The van der Waals surface area contributed by atoms with E-state index in [1.165, 1.54) is 0 Å². The number of ether oxygens (including phenoxy) is 2. The van der Waals surface area contributed by atoms with Crippen molar-refractivity contribution < 1.29 is 9.47 Å². The maximum absolute atomic E-state index is 12.8. The predicted molar refractivity (Wildman–Crippen MR) is 108 cm³/mol. The van der Waals surface area contributed by atoms with Crippen LogP contribution in [0.3, 0.4) is 0 Å². The quantitative estimate of drug-likeness (QED) is 0.495. The van der Waals surface area contributed by atoms with Crippen molar-refractivity contribution in [1.82, 2.24) is 14.2 Å². The van der Waals surface area contributed by atoms with Crippen LogP contribution in [0.1, 0.15) is 6.92 Å². The molecule has 0 aliphatic rings. The van der Waals surface area contributed by atoms with Crippen LogP contribution in [-0.4, -0.2) is 27.4 Å². The molecular weight excluding hydrogens is 354 g/mol. The van der Waals surface area contributed by atoms with E-state index in [0.29, 0.717) is 25.3 Å². The van der Waals surface area contributed by atoms with Gasteiger partial charge in [0.05, 0.1) is 18.8 Å². The SMILES string of the molecule is CCOc1ccc(-c2cc3c(=O)n(CCOc4ccccc4)ccn3n2)cc1. The minimum atomic E-state index is -0.0937. The zero-order chi connectivity index (χ0) is 19.3. The molecule has 0 atom stereocenters. The number of rotatable bonds is 7. The summed E-state index contributed by atoms with van der Waals surface area (Å²) in [6.07, 6.45) is 3.52. The van der Waals surface area contributed by atoms with E-state index in [0.717, 1.165) is 22.8 Å². The van der Waals surface area contributed by atoms with Crippen molar-refractivity contribution in [2.75, 3.05) is 13.2 Å². The first-order valence-electron chi connectivity index (χ1n) is 9.24. The van der Waals surface area contributed by atoms with E-state index in [1.54, 1.807) is 21.5 Å². The van der Waals surface area contributed by atoms with Gasteiger partial charge >= 0.3 is 0 Å². The van der Waals surface area contributed by atoms with E-state index in [4.69, 9.17) is 9.47 Å². The van der Waals surface area contributed by atoms with Gasteiger partial charge in [-0.25, -0.2) is 4.52 Å². The first-order valence-corrected chi connectivity index (χ1v) is 9.24. The van der Waals surface area contributed by atoms with Crippen LogP contribution >= 0.6 is 0 Å². The Morgan fingerprint density at radius 1 is 0.929 bits per heavy atom. The fraction of sp³-hybridized carbons (Fsp3) is 0.182. The van der Waals surface area contributed by atoms with Crippen molar-refractivity contribution >= 4 is 5.52 Å². The molecule has 0 spiro atoms. The number of hydrogen-bond acceptors (Lipinski definition) is 4. The van der Waals surface area contributed by atoms with Crippen molar-refractivity contribution in [2.45, 2.75) is 13.5 Å². The fourth-order valence-corrected chi connectivity index (χ4v) is 3.01. The minimum absolute atomic E-state index is 0.0937. The Hall–Kier alpha value is -3.54. The third kappa shape index (κ3) is 3.76.